The van der Waals surface area contributed by atoms with E-state index in [1.54, 1.807) is 13.1 Å². The maximum absolute atomic E-state index is 13.5. The number of halogens is 1. The van der Waals surface area contributed by atoms with Crippen LogP contribution in [0.3, 0.4) is 0 Å². The molecule has 0 radical (unpaired) electrons. The van der Waals surface area contributed by atoms with E-state index in [-0.39, 0.29) is 11.7 Å². The van der Waals surface area contributed by atoms with E-state index < -0.39 is 10.7 Å². The standard InChI is InChI=1S/C13H14FN3O2S/c1-3-10(13-15-4-5-20-13)16-11-6-8(2)9(14)7-12(11)17(18)19/h4-7,10,16H,3H2,1-2H3. The van der Waals surface area contributed by atoms with E-state index >= 15 is 0 Å². The fraction of sp³-hybridized carbons (Fsp3) is 0.308. The number of aromatic nitrogens is 1. The van der Waals surface area contributed by atoms with Crippen molar-refractivity contribution in [1.82, 2.24) is 4.98 Å². The van der Waals surface area contributed by atoms with Crippen molar-refractivity contribution in [3.05, 3.63) is 50.2 Å². The molecule has 0 aliphatic heterocycles. The van der Waals surface area contributed by atoms with Crippen molar-refractivity contribution in [3.63, 3.8) is 0 Å². The van der Waals surface area contributed by atoms with Crippen LogP contribution in [0.4, 0.5) is 15.8 Å². The van der Waals surface area contributed by atoms with E-state index in [4.69, 9.17) is 0 Å². The van der Waals surface area contributed by atoms with Crippen LogP contribution in [-0.2, 0) is 0 Å². The topological polar surface area (TPSA) is 68.1 Å². The van der Waals surface area contributed by atoms with Gasteiger partial charge in [-0.25, -0.2) is 9.37 Å². The van der Waals surface area contributed by atoms with Gasteiger partial charge in [0.2, 0.25) is 0 Å². The Bertz CT molecular complexity index is 616. The largest absolute Gasteiger partial charge is 0.370 e. The summed E-state index contributed by atoms with van der Waals surface area (Å²) in [4.78, 5) is 14.7. The lowest BCUT2D eigenvalue weighted by Crippen LogP contribution is -2.11. The number of hydrogen-bond acceptors (Lipinski definition) is 5. The number of aryl methyl sites for hydroxylation is 1. The van der Waals surface area contributed by atoms with E-state index in [1.807, 2.05) is 12.3 Å². The molecule has 2 aromatic rings. The zero-order chi connectivity index (χ0) is 14.7. The molecule has 20 heavy (non-hydrogen) atoms. The highest BCUT2D eigenvalue weighted by atomic mass is 32.1. The third kappa shape index (κ3) is 2.93. The number of benzene rings is 1. The van der Waals surface area contributed by atoms with Gasteiger partial charge < -0.3 is 5.32 Å². The number of hydrogen-bond donors (Lipinski definition) is 1. The first-order valence-electron chi connectivity index (χ1n) is 6.13. The number of rotatable bonds is 5. The van der Waals surface area contributed by atoms with Crippen molar-refractivity contribution in [1.29, 1.82) is 0 Å². The Morgan fingerprint density at radius 3 is 2.85 bits per heavy atom. The minimum atomic E-state index is -0.584. The summed E-state index contributed by atoms with van der Waals surface area (Å²) in [6, 6.07) is 2.29. The van der Waals surface area contributed by atoms with Crippen molar-refractivity contribution in [2.24, 2.45) is 0 Å². The van der Waals surface area contributed by atoms with Crippen LogP contribution in [0, 0.1) is 22.9 Å². The second-order valence-electron chi connectivity index (χ2n) is 4.35. The van der Waals surface area contributed by atoms with E-state index in [2.05, 4.69) is 10.3 Å². The SMILES string of the molecule is CCC(Nc1cc(C)c(F)cc1[N+](=O)[O-])c1nccs1. The van der Waals surface area contributed by atoms with E-state index in [0.717, 1.165) is 17.5 Å². The van der Waals surface area contributed by atoms with Gasteiger partial charge >= 0.3 is 0 Å². The predicted molar refractivity (Wildman–Crippen MR) is 76.6 cm³/mol. The number of nitro benzene ring substituents is 1. The number of nitrogens with one attached hydrogen (secondary N) is 1. The molecule has 0 fully saturated rings. The zero-order valence-corrected chi connectivity index (χ0v) is 11.9. The van der Waals surface area contributed by atoms with Crippen molar-refractivity contribution in [2.45, 2.75) is 26.3 Å². The summed E-state index contributed by atoms with van der Waals surface area (Å²) in [5, 5.41) is 16.8. The molecule has 1 N–H and O–H groups in total. The molecular formula is C13H14FN3O2S. The number of nitro groups is 1. The lowest BCUT2D eigenvalue weighted by Gasteiger charge is -2.16. The quantitative estimate of drug-likeness (QED) is 0.667. The van der Waals surface area contributed by atoms with Gasteiger partial charge in [0.1, 0.15) is 16.5 Å². The average Bonchev–Trinajstić information content (AvgIpc) is 2.93. The minimum absolute atomic E-state index is 0.126. The molecule has 0 aliphatic carbocycles. The van der Waals surface area contributed by atoms with Crippen LogP contribution in [0.2, 0.25) is 0 Å². The van der Waals surface area contributed by atoms with Gasteiger partial charge in [-0.15, -0.1) is 11.3 Å². The molecule has 5 nitrogen and oxygen atoms in total. The number of anilines is 1. The maximum Gasteiger partial charge on any atom is 0.295 e. The molecule has 1 aromatic heterocycles. The summed E-state index contributed by atoms with van der Waals surface area (Å²) in [7, 11) is 0. The molecule has 0 aliphatic rings. The van der Waals surface area contributed by atoms with Gasteiger partial charge in [0.15, 0.2) is 0 Å². The molecule has 1 atom stereocenters. The van der Waals surface area contributed by atoms with E-state index in [0.29, 0.717) is 11.3 Å². The van der Waals surface area contributed by atoms with Crippen LogP contribution in [0.25, 0.3) is 0 Å². The number of nitrogens with zero attached hydrogens (tertiary/aromatic N) is 2. The fourth-order valence-electron chi connectivity index (χ4n) is 1.87. The van der Waals surface area contributed by atoms with Crippen LogP contribution in [0.1, 0.15) is 30.0 Å². The monoisotopic (exact) mass is 295 g/mol. The minimum Gasteiger partial charge on any atom is -0.370 e. The third-order valence-corrected chi connectivity index (χ3v) is 3.85. The summed E-state index contributed by atoms with van der Waals surface area (Å²) in [5.41, 5.74) is 0.422. The van der Waals surface area contributed by atoms with Gasteiger partial charge in [-0.1, -0.05) is 6.92 Å². The molecule has 1 unspecified atom stereocenters. The summed E-state index contributed by atoms with van der Waals surface area (Å²) >= 11 is 1.48. The molecule has 2 rings (SSSR count). The van der Waals surface area contributed by atoms with E-state index in [9.17, 15) is 14.5 Å². The highest BCUT2D eigenvalue weighted by Crippen LogP contribution is 2.32. The first-order valence-corrected chi connectivity index (χ1v) is 7.01. The third-order valence-electron chi connectivity index (χ3n) is 2.96. The van der Waals surface area contributed by atoms with Crippen LogP contribution in [-0.4, -0.2) is 9.91 Å². The Morgan fingerprint density at radius 1 is 1.55 bits per heavy atom. The Balaban J connectivity index is 2.37. The Kier molecular flexibility index (Phi) is 4.29. The second-order valence-corrected chi connectivity index (χ2v) is 5.28. The Hall–Kier alpha value is -2.02. The lowest BCUT2D eigenvalue weighted by molar-refractivity contribution is -0.384. The molecule has 7 heteroatoms. The summed E-state index contributed by atoms with van der Waals surface area (Å²) in [6.45, 7) is 3.54. The van der Waals surface area contributed by atoms with Gasteiger partial charge in [0.25, 0.3) is 5.69 Å². The highest BCUT2D eigenvalue weighted by molar-refractivity contribution is 7.09. The maximum atomic E-state index is 13.5. The summed E-state index contributed by atoms with van der Waals surface area (Å²) in [5.74, 6) is -0.579. The van der Waals surface area contributed by atoms with Crippen LogP contribution in [0.5, 0.6) is 0 Å². The van der Waals surface area contributed by atoms with E-state index in [1.165, 1.54) is 17.4 Å². The first kappa shape index (κ1) is 14.4. The highest BCUT2D eigenvalue weighted by Gasteiger charge is 2.20. The summed E-state index contributed by atoms with van der Waals surface area (Å²) < 4.78 is 13.5. The molecule has 1 heterocycles. The van der Waals surface area contributed by atoms with Crippen LogP contribution >= 0.6 is 11.3 Å². The fourth-order valence-corrected chi connectivity index (χ4v) is 2.64. The molecular weight excluding hydrogens is 281 g/mol. The van der Waals surface area contributed by atoms with Crippen molar-refractivity contribution >= 4 is 22.7 Å². The normalized spacial score (nSPS) is 12.2. The van der Waals surface area contributed by atoms with Gasteiger partial charge in [0, 0.05) is 11.6 Å². The first-order chi connectivity index (χ1) is 9.52. The number of thiazole rings is 1. The Morgan fingerprint density at radius 2 is 2.30 bits per heavy atom. The molecule has 0 saturated carbocycles. The van der Waals surface area contributed by atoms with Gasteiger partial charge in [0.05, 0.1) is 17.0 Å². The average molecular weight is 295 g/mol. The summed E-state index contributed by atoms with van der Waals surface area (Å²) in [6.07, 6.45) is 2.41. The molecule has 106 valence electrons. The Labute approximate surface area is 119 Å². The second kappa shape index (κ2) is 5.96. The van der Waals surface area contributed by atoms with Gasteiger partial charge in [-0.05, 0) is 25.0 Å². The van der Waals surface area contributed by atoms with Gasteiger partial charge in [-0.2, -0.15) is 0 Å². The molecule has 0 spiro atoms. The predicted octanol–water partition coefficient (Wildman–Crippen LogP) is 4.06. The molecule has 1 aromatic carbocycles. The van der Waals surface area contributed by atoms with Crippen molar-refractivity contribution < 1.29 is 9.31 Å². The zero-order valence-electron chi connectivity index (χ0n) is 11.1. The smallest absolute Gasteiger partial charge is 0.295 e. The lowest BCUT2D eigenvalue weighted by atomic mass is 10.1. The van der Waals surface area contributed by atoms with Gasteiger partial charge in [-0.3, -0.25) is 10.1 Å². The molecule has 0 bridgehead atoms. The van der Waals surface area contributed by atoms with Crippen molar-refractivity contribution in [3.8, 4) is 0 Å². The molecule has 0 amide bonds. The van der Waals surface area contributed by atoms with Crippen LogP contribution in [0.15, 0.2) is 23.7 Å². The molecule has 0 saturated heterocycles. The van der Waals surface area contributed by atoms with Crippen LogP contribution < -0.4 is 5.32 Å². The van der Waals surface area contributed by atoms with Crippen molar-refractivity contribution in [2.75, 3.05) is 5.32 Å².